The molecule has 0 aliphatic carbocycles. The minimum absolute atomic E-state index is 0.122. The first-order valence-electron chi connectivity index (χ1n) is 3.22. The summed E-state index contributed by atoms with van der Waals surface area (Å²) in [5.41, 5.74) is -0.122. The number of hydrogen-bond donors (Lipinski definition) is 2. The van der Waals surface area contributed by atoms with Crippen molar-refractivity contribution in [2.45, 2.75) is 0 Å². The quantitative estimate of drug-likeness (QED) is 0.555. The zero-order valence-corrected chi connectivity index (χ0v) is 8.00. The number of carboxylic acids is 1. The molecule has 0 bridgehead atoms. The molecule has 1 rings (SSSR count). The van der Waals surface area contributed by atoms with Gasteiger partial charge in [-0.15, -0.1) is 0 Å². The van der Waals surface area contributed by atoms with Crippen molar-refractivity contribution in [3.63, 3.8) is 0 Å². The number of amides is 1. The molecule has 0 atom stereocenters. The summed E-state index contributed by atoms with van der Waals surface area (Å²) in [5, 5.41) is 9.99. The molecule has 1 heterocycles. The summed E-state index contributed by atoms with van der Waals surface area (Å²) >= 11 is 11.1. The molecule has 0 radical (unpaired) electrons. The fourth-order valence-corrected chi connectivity index (χ4v) is 1.02. The maximum Gasteiger partial charge on any atom is 0.394 e. The van der Waals surface area contributed by atoms with Gasteiger partial charge in [-0.2, -0.15) is 0 Å². The maximum atomic E-state index is 10.7. The van der Waals surface area contributed by atoms with Gasteiger partial charge < -0.3 is 10.4 Å². The predicted octanol–water partition coefficient (Wildman–Crippen LogP) is 0.806. The standard InChI is InChI=1S/C6H3Cl2N3O3/c7-3-2(4(8)10-1-9-3)11-5(12)6(13)14/h1H,(H,11,12)(H,13,14). The van der Waals surface area contributed by atoms with Crippen LogP contribution in [0.25, 0.3) is 0 Å². The molecule has 0 spiro atoms. The Bertz CT molecular complexity index is 376. The van der Waals surface area contributed by atoms with Crippen LogP contribution in [-0.2, 0) is 9.59 Å². The van der Waals surface area contributed by atoms with Crippen molar-refractivity contribution in [1.29, 1.82) is 0 Å². The third-order valence-corrected chi connectivity index (χ3v) is 1.76. The molecule has 0 aliphatic heterocycles. The van der Waals surface area contributed by atoms with Crippen LogP contribution in [0.1, 0.15) is 0 Å². The van der Waals surface area contributed by atoms with Gasteiger partial charge in [-0.1, -0.05) is 23.2 Å². The lowest BCUT2D eigenvalue weighted by Gasteiger charge is -2.04. The van der Waals surface area contributed by atoms with E-state index in [1.54, 1.807) is 0 Å². The average Bonchev–Trinajstić information content (AvgIpc) is 2.11. The van der Waals surface area contributed by atoms with E-state index in [4.69, 9.17) is 28.3 Å². The molecule has 6 nitrogen and oxygen atoms in total. The van der Waals surface area contributed by atoms with Crippen molar-refractivity contribution in [3.05, 3.63) is 16.6 Å². The van der Waals surface area contributed by atoms with Crippen LogP contribution in [0.15, 0.2) is 6.33 Å². The Balaban J connectivity index is 2.97. The molecule has 0 unspecified atom stereocenters. The Morgan fingerprint density at radius 1 is 1.29 bits per heavy atom. The molecule has 0 aliphatic rings. The fourth-order valence-electron chi connectivity index (χ4n) is 0.615. The normalized spacial score (nSPS) is 9.57. The number of rotatable bonds is 1. The summed E-state index contributed by atoms with van der Waals surface area (Å²) in [6, 6.07) is 0. The first kappa shape index (κ1) is 10.7. The number of nitrogens with zero attached hydrogens (tertiary/aromatic N) is 2. The number of hydrogen-bond acceptors (Lipinski definition) is 4. The Hall–Kier alpha value is -1.40. The summed E-state index contributed by atoms with van der Waals surface area (Å²) in [7, 11) is 0. The zero-order chi connectivity index (χ0) is 10.7. The van der Waals surface area contributed by atoms with Gasteiger partial charge >= 0.3 is 11.9 Å². The van der Waals surface area contributed by atoms with Crippen LogP contribution in [0.5, 0.6) is 0 Å². The van der Waals surface area contributed by atoms with E-state index < -0.39 is 11.9 Å². The van der Waals surface area contributed by atoms with E-state index >= 15 is 0 Å². The number of aliphatic carboxylic acids is 1. The molecule has 1 amide bonds. The molecular weight excluding hydrogens is 233 g/mol. The van der Waals surface area contributed by atoms with Gasteiger partial charge in [0.05, 0.1) is 0 Å². The van der Waals surface area contributed by atoms with Crippen LogP contribution in [-0.4, -0.2) is 27.0 Å². The third kappa shape index (κ3) is 2.30. The van der Waals surface area contributed by atoms with Crippen molar-refractivity contribution < 1.29 is 14.7 Å². The smallest absolute Gasteiger partial charge is 0.394 e. The van der Waals surface area contributed by atoms with E-state index in [1.807, 2.05) is 5.32 Å². The fraction of sp³-hybridized carbons (Fsp3) is 0. The molecule has 14 heavy (non-hydrogen) atoms. The summed E-state index contributed by atoms with van der Waals surface area (Å²) < 4.78 is 0. The first-order chi connectivity index (χ1) is 6.52. The molecule has 8 heteroatoms. The zero-order valence-electron chi connectivity index (χ0n) is 6.49. The van der Waals surface area contributed by atoms with E-state index in [-0.39, 0.29) is 16.0 Å². The molecule has 0 fully saturated rings. The average molecular weight is 236 g/mol. The Labute approximate surface area is 87.9 Å². The van der Waals surface area contributed by atoms with Gasteiger partial charge in [0, 0.05) is 0 Å². The monoisotopic (exact) mass is 235 g/mol. The van der Waals surface area contributed by atoms with E-state index in [0.717, 1.165) is 6.33 Å². The summed E-state index contributed by atoms with van der Waals surface area (Å²) in [5.74, 6) is -2.91. The van der Waals surface area contributed by atoms with Gasteiger partial charge in [0.25, 0.3) is 0 Å². The molecule has 2 N–H and O–H groups in total. The Kier molecular flexibility index (Phi) is 3.21. The second-order valence-corrected chi connectivity index (χ2v) is 2.81. The Morgan fingerprint density at radius 3 is 2.21 bits per heavy atom. The topological polar surface area (TPSA) is 92.2 Å². The van der Waals surface area contributed by atoms with Crippen LogP contribution in [0.3, 0.4) is 0 Å². The first-order valence-corrected chi connectivity index (χ1v) is 3.98. The highest BCUT2D eigenvalue weighted by Gasteiger charge is 2.16. The number of halogens is 2. The third-order valence-electron chi connectivity index (χ3n) is 1.19. The van der Waals surface area contributed by atoms with Crippen molar-refractivity contribution >= 4 is 40.8 Å². The van der Waals surface area contributed by atoms with Crippen molar-refractivity contribution in [2.24, 2.45) is 0 Å². The molecule has 0 saturated carbocycles. The molecule has 0 saturated heterocycles. The molecule has 74 valence electrons. The number of aromatic nitrogens is 2. The molecular formula is C6H3Cl2N3O3. The maximum absolute atomic E-state index is 10.7. The number of nitrogens with one attached hydrogen (secondary N) is 1. The van der Waals surface area contributed by atoms with Crippen molar-refractivity contribution in [3.8, 4) is 0 Å². The summed E-state index contributed by atoms with van der Waals surface area (Å²) in [6.45, 7) is 0. The predicted molar refractivity (Wildman–Crippen MR) is 48.3 cm³/mol. The highest BCUT2D eigenvalue weighted by Crippen LogP contribution is 2.25. The summed E-state index contributed by atoms with van der Waals surface area (Å²) in [6.07, 6.45) is 1.08. The molecule has 0 aromatic carbocycles. The van der Waals surface area contributed by atoms with Gasteiger partial charge in [-0.3, -0.25) is 4.79 Å². The second-order valence-electron chi connectivity index (χ2n) is 2.09. The van der Waals surface area contributed by atoms with E-state index in [9.17, 15) is 9.59 Å². The van der Waals surface area contributed by atoms with Crippen LogP contribution in [0.2, 0.25) is 10.3 Å². The summed E-state index contributed by atoms with van der Waals surface area (Å²) in [4.78, 5) is 27.9. The number of carboxylic acid groups (broad SMARTS) is 1. The number of carbonyl (C=O) groups excluding carboxylic acids is 1. The van der Waals surface area contributed by atoms with Gasteiger partial charge in [-0.25, -0.2) is 14.8 Å². The minimum atomic E-state index is -1.65. The van der Waals surface area contributed by atoms with Gasteiger partial charge in [0.15, 0.2) is 10.3 Å². The highest BCUT2D eigenvalue weighted by molar-refractivity contribution is 6.42. The lowest BCUT2D eigenvalue weighted by Crippen LogP contribution is -2.22. The second kappa shape index (κ2) is 4.21. The Morgan fingerprint density at radius 2 is 1.79 bits per heavy atom. The SMILES string of the molecule is O=C(O)C(=O)Nc1c(Cl)ncnc1Cl. The van der Waals surface area contributed by atoms with Crippen LogP contribution in [0, 0.1) is 0 Å². The molecule has 1 aromatic rings. The van der Waals surface area contributed by atoms with E-state index in [2.05, 4.69) is 9.97 Å². The number of anilines is 1. The van der Waals surface area contributed by atoms with Crippen LogP contribution in [0.4, 0.5) is 5.69 Å². The van der Waals surface area contributed by atoms with Crippen molar-refractivity contribution in [2.75, 3.05) is 5.32 Å². The lowest BCUT2D eigenvalue weighted by atomic mass is 10.5. The van der Waals surface area contributed by atoms with Crippen LogP contribution >= 0.6 is 23.2 Å². The number of carbonyl (C=O) groups is 2. The largest absolute Gasteiger partial charge is 0.474 e. The molecule has 1 aromatic heterocycles. The van der Waals surface area contributed by atoms with Gasteiger partial charge in [-0.05, 0) is 0 Å². The lowest BCUT2D eigenvalue weighted by molar-refractivity contribution is -0.147. The van der Waals surface area contributed by atoms with E-state index in [0.29, 0.717) is 0 Å². The van der Waals surface area contributed by atoms with Crippen LogP contribution < -0.4 is 5.32 Å². The highest BCUT2D eigenvalue weighted by atomic mass is 35.5. The minimum Gasteiger partial charge on any atom is -0.474 e. The van der Waals surface area contributed by atoms with Crippen molar-refractivity contribution in [1.82, 2.24) is 9.97 Å². The van der Waals surface area contributed by atoms with Gasteiger partial charge in [0.1, 0.15) is 12.0 Å². The van der Waals surface area contributed by atoms with Gasteiger partial charge in [0.2, 0.25) is 0 Å². The van der Waals surface area contributed by atoms with E-state index in [1.165, 1.54) is 0 Å².